The fourth-order valence-electron chi connectivity index (χ4n) is 4.09. The fraction of sp³-hybridized carbons (Fsp3) is 0.304. The molecule has 5 rings (SSSR count). The van der Waals surface area contributed by atoms with Crippen molar-refractivity contribution in [2.45, 2.75) is 19.8 Å². The number of fused-ring (bicyclic) bond motifs is 1. The molecule has 2 aliphatic rings. The molecule has 1 aliphatic carbocycles. The number of anilines is 1. The number of carbonyl (C=O) groups excluding carboxylic acids is 2. The first kappa shape index (κ1) is 19.8. The van der Waals surface area contributed by atoms with Gasteiger partial charge in [-0.1, -0.05) is 24.6 Å². The van der Waals surface area contributed by atoms with Crippen LogP contribution in [0.5, 0.6) is 0 Å². The van der Waals surface area contributed by atoms with Gasteiger partial charge in [0.2, 0.25) is 5.91 Å². The van der Waals surface area contributed by atoms with Gasteiger partial charge in [0.1, 0.15) is 16.6 Å². The zero-order chi connectivity index (χ0) is 21.5. The second-order valence-electron chi connectivity index (χ2n) is 8.20. The number of nitrogens with zero attached hydrogens (tertiary/aromatic N) is 3. The lowest BCUT2D eigenvalue weighted by atomic mass is 9.89. The summed E-state index contributed by atoms with van der Waals surface area (Å²) in [6.07, 6.45) is 7.37. The van der Waals surface area contributed by atoms with Crippen LogP contribution in [0.4, 0.5) is 5.82 Å². The summed E-state index contributed by atoms with van der Waals surface area (Å²) < 4.78 is 0. The van der Waals surface area contributed by atoms with Crippen molar-refractivity contribution in [3.63, 3.8) is 0 Å². The Morgan fingerprint density at radius 2 is 2.10 bits per heavy atom. The van der Waals surface area contributed by atoms with Crippen molar-refractivity contribution in [2.75, 3.05) is 18.4 Å². The molecule has 4 heterocycles. The normalized spacial score (nSPS) is 18.7. The van der Waals surface area contributed by atoms with Gasteiger partial charge in [-0.3, -0.25) is 9.59 Å². The molecule has 3 aromatic rings. The summed E-state index contributed by atoms with van der Waals surface area (Å²) in [6.45, 7) is 3.19. The number of halogens is 1. The lowest BCUT2D eigenvalue weighted by Gasteiger charge is -2.32. The highest BCUT2D eigenvalue weighted by Gasteiger charge is 2.30. The molecule has 1 fully saturated rings. The molecule has 1 atom stereocenters. The molecule has 2 N–H and O–H groups in total. The van der Waals surface area contributed by atoms with Gasteiger partial charge in [0, 0.05) is 42.4 Å². The van der Waals surface area contributed by atoms with Crippen LogP contribution >= 0.6 is 11.6 Å². The quantitative estimate of drug-likeness (QED) is 0.602. The molecule has 31 heavy (non-hydrogen) atoms. The predicted molar refractivity (Wildman–Crippen MR) is 120 cm³/mol. The Bertz CT molecular complexity index is 1210. The third-order valence-corrected chi connectivity index (χ3v) is 6.06. The number of carbonyl (C=O) groups is 2. The summed E-state index contributed by atoms with van der Waals surface area (Å²) in [5.74, 6) is 0.745. The number of amides is 2. The van der Waals surface area contributed by atoms with Crippen LogP contribution in [0.3, 0.4) is 0 Å². The maximum atomic E-state index is 12.9. The van der Waals surface area contributed by atoms with Crippen molar-refractivity contribution in [3.05, 3.63) is 59.0 Å². The number of hydrogen-bond acceptors (Lipinski definition) is 4. The van der Waals surface area contributed by atoms with E-state index in [1.807, 2.05) is 23.2 Å². The fourth-order valence-corrected chi connectivity index (χ4v) is 4.26. The van der Waals surface area contributed by atoms with Gasteiger partial charge in [-0.25, -0.2) is 9.97 Å². The number of nitrogens with one attached hydrogen (secondary N) is 2. The van der Waals surface area contributed by atoms with Crippen molar-refractivity contribution >= 4 is 45.8 Å². The average Bonchev–Trinajstić information content (AvgIpc) is 3.51. The number of rotatable bonds is 4. The van der Waals surface area contributed by atoms with E-state index in [0.717, 1.165) is 35.0 Å². The lowest BCUT2D eigenvalue weighted by Crippen LogP contribution is -2.38. The van der Waals surface area contributed by atoms with Crippen molar-refractivity contribution in [2.24, 2.45) is 11.8 Å². The predicted octanol–water partition coefficient (Wildman–Crippen LogP) is 4.14. The Labute approximate surface area is 184 Å². The highest BCUT2D eigenvalue weighted by molar-refractivity contribution is 6.29. The molecular weight excluding hydrogens is 414 g/mol. The number of aromatic amines is 1. The third-order valence-electron chi connectivity index (χ3n) is 5.86. The molecule has 2 amide bonds. The molecule has 0 bridgehead atoms. The van der Waals surface area contributed by atoms with E-state index < -0.39 is 0 Å². The van der Waals surface area contributed by atoms with Crippen LogP contribution in [0.15, 0.2) is 42.7 Å². The molecule has 8 heteroatoms. The molecular formula is C23H22ClN5O2. The maximum absolute atomic E-state index is 12.9. The molecule has 158 valence electrons. The van der Waals surface area contributed by atoms with E-state index in [0.29, 0.717) is 29.6 Å². The van der Waals surface area contributed by atoms with Crippen LogP contribution in [0.25, 0.3) is 16.6 Å². The number of aromatic nitrogens is 3. The SMILES string of the molecule is CC1CN(C(=O)c2ccnc(Cl)c2)CC=C1c1cc(NC(=O)C2CC2)nc2[nH]ccc12. The van der Waals surface area contributed by atoms with Gasteiger partial charge in [-0.15, -0.1) is 0 Å². The Morgan fingerprint density at radius 1 is 1.26 bits per heavy atom. The molecule has 0 radical (unpaired) electrons. The minimum Gasteiger partial charge on any atom is -0.346 e. The zero-order valence-corrected chi connectivity index (χ0v) is 17.8. The number of pyridine rings is 2. The van der Waals surface area contributed by atoms with E-state index in [2.05, 4.69) is 33.3 Å². The first-order chi connectivity index (χ1) is 15.0. The molecule has 0 aromatic carbocycles. The van der Waals surface area contributed by atoms with Gasteiger partial charge < -0.3 is 15.2 Å². The molecule has 1 saturated carbocycles. The second kappa shape index (κ2) is 7.81. The van der Waals surface area contributed by atoms with E-state index in [1.165, 1.54) is 0 Å². The Balaban J connectivity index is 1.44. The zero-order valence-electron chi connectivity index (χ0n) is 17.1. The first-order valence-corrected chi connectivity index (χ1v) is 10.8. The molecule has 0 spiro atoms. The second-order valence-corrected chi connectivity index (χ2v) is 8.58. The molecule has 7 nitrogen and oxygen atoms in total. The highest BCUT2D eigenvalue weighted by Crippen LogP contribution is 2.35. The van der Waals surface area contributed by atoms with Crippen molar-refractivity contribution in [3.8, 4) is 0 Å². The Hall–Kier alpha value is -3.19. The van der Waals surface area contributed by atoms with Crippen LogP contribution in [0.2, 0.25) is 5.15 Å². The standard InChI is InChI=1S/C23H22ClN5O2/c1-13-12-29(23(31)15-4-7-25-19(24)10-15)9-6-16(13)18-11-20(28-22(30)14-2-3-14)27-21-17(18)5-8-26-21/h4-8,10-11,13-14H,2-3,9,12H2,1H3,(H2,26,27,28,30). The van der Waals surface area contributed by atoms with Gasteiger partial charge in [0.15, 0.2) is 0 Å². The van der Waals surface area contributed by atoms with Crippen molar-refractivity contribution in [1.82, 2.24) is 19.9 Å². The average molecular weight is 436 g/mol. The van der Waals surface area contributed by atoms with E-state index in [4.69, 9.17) is 11.6 Å². The van der Waals surface area contributed by atoms with Crippen LogP contribution in [0.1, 0.15) is 35.7 Å². The minimum atomic E-state index is -0.0645. The summed E-state index contributed by atoms with van der Waals surface area (Å²) in [4.78, 5) is 38.6. The van der Waals surface area contributed by atoms with E-state index in [9.17, 15) is 9.59 Å². The minimum absolute atomic E-state index is 0.0304. The van der Waals surface area contributed by atoms with E-state index >= 15 is 0 Å². The molecule has 0 saturated heterocycles. The summed E-state index contributed by atoms with van der Waals surface area (Å²) in [5.41, 5.74) is 3.45. The maximum Gasteiger partial charge on any atom is 0.254 e. The number of hydrogen-bond donors (Lipinski definition) is 2. The Kier molecular flexibility index (Phi) is 4.98. The monoisotopic (exact) mass is 435 g/mol. The smallest absolute Gasteiger partial charge is 0.254 e. The van der Waals surface area contributed by atoms with Crippen LogP contribution in [-0.2, 0) is 4.79 Å². The van der Waals surface area contributed by atoms with Crippen LogP contribution < -0.4 is 5.32 Å². The van der Waals surface area contributed by atoms with Gasteiger partial charge in [0.25, 0.3) is 5.91 Å². The van der Waals surface area contributed by atoms with Gasteiger partial charge in [-0.05, 0) is 54.2 Å². The number of H-pyrrole nitrogens is 1. The van der Waals surface area contributed by atoms with Crippen LogP contribution in [0, 0.1) is 11.8 Å². The first-order valence-electron chi connectivity index (χ1n) is 10.4. The summed E-state index contributed by atoms with van der Waals surface area (Å²) >= 11 is 5.95. The molecule has 1 unspecified atom stereocenters. The van der Waals surface area contributed by atoms with Crippen molar-refractivity contribution in [1.29, 1.82) is 0 Å². The van der Waals surface area contributed by atoms with Gasteiger partial charge >= 0.3 is 0 Å². The molecule has 1 aliphatic heterocycles. The van der Waals surface area contributed by atoms with E-state index in [1.54, 1.807) is 18.3 Å². The van der Waals surface area contributed by atoms with E-state index in [-0.39, 0.29) is 23.7 Å². The largest absolute Gasteiger partial charge is 0.346 e. The molecule has 3 aromatic heterocycles. The van der Waals surface area contributed by atoms with Gasteiger partial charge in [-0.2, -0.15) is 0 Å². The summed E-state index contributed by atoms with van der Waals surface area (Å²) in [7, 11) is 0. The summed E-state index contributed by atoms with van der Waals surface area (Å²) in [5, 5.41) is 4.26. The Morgan fingerprint density at radius 3 is 2.84 bits per heavy atom. The summed E-state index contributed by atoms with van der Waals surface area (Å²) in [6, 6.07) is 7.21. The topological polar surface area (TPSA) is 91.0 Å². The third kappa shape index (κ3) is 3.93. The highest BCUT2D eigenvalue weighted by atomic mass is 35.5. The van der Waals surface area contributed by atoms with Gasteiger partial charge in [0.05, 0.1) is 0 Å². The van der Waals surface area contributed by atoms with Crippen LogP contribution in [-0.4, -0.2) is 44.8 Å². The lowest BCUT2D eigenvalue weighted by molar-refractivity contribution is -0.117. The van der Waals surface area contributed by atoms with Crippen molar-refractivity contribution < 1.29 is 9.59 Å².